The first kappa shape index (κ1) is 13.3. The first-order valence-electron chi connectivity index (χ1n) is 4.72. The van der Waals surface area contributed by atoms with Crippen LogP contribution in [-0.2, 0) is 0 Å². The summed E-state index contributed by atoms with van der Waals surface area (Å²) in [6.07, 6.45) is 0. The minimum atomic E-state index is -0.611. The minimum absolute atomic E-state index is 0.120. The molecule has 0 aliphatic rings. The van der Waals surface area contributed by atoms with E-state index in [0.29, 0.717) is 0 Å². The van der Waals surface area contributed by atoms with E-state index in [1.165, 1.54) is 7.11 Å². The summed E-state index contributed by atoms with van der Waals surface area (Å²) in [4.78, 5) is 0.164. The van der Waals surface area contributed by atoms with Crippen LogP contribution in [0.3, 0.4) is 0 Å². The number of halogens is 2. The van der Waals surface area contributed by atoms with Gasteiger partial charge in [-0.05, 0) is 19.9 Å². The number of ether oxygens (including phenoxy) is 1. The third kappa shape index (κ3) is 3.09. The predicted octanol–water partition coefficient (Wildman–Crippen LogP) is 2.84. The van der Waals surface area contributed by atoms with Gasteiger partial charge in [0, 0.05) is 15.7 Å². The lowest BCUT2D eigenvalue weighted by molar-refractivity contribution is 0.265. The number of benzene rings is 1. The van der Waals surface area contributed by atoms with Gasteiger partial charge in [-0.2, -0.15) is 0 Å². The molecule has 0 fully saturated rings. The van der Waals surface area contributed by atoms with Crippen LogP contribution < -0.4 is 4.74 Å². The van der Waals surface area contributed by atoms with Crippen molar-refractivity contribution in [3.05, 3.63) is 23.8 Å². The third-order valence-electron chi connectivity index (χ3n) is 1.97. The molecule has 1 aromatic carbocycles. The van der Waals surface area contributed by atoms with Crippen LogP contribution in [0.2, 0.25) is 0 Å². The smallest absolute Gasteiger partial charge is 0.166 e. The highest BCUT2D eigenvalue weighted by Crippen LogP contribution is 2.36. The average Bonchev–Trinajstić information content (AvgIpc) is 2.22. The third-order valence-corrected chi connectivity index (χ3v) is 3.19. The zero-order valence-electron chi connectivity index (χ0n) is 9.38. The van der Waals surface area contributed by atoms with E-state index in [0.717, 1.165) is 23.9 Å². The fourth-order valence-corrected chi connectivity index (χ4v) is 2.05. The molecule has 0 aliphatic heterocycles. The van der Waals surface area contributed by atoms with Crippen LogP contribution in [0.4, 0.5) is 8.78 Å². The summed E-state index contributed by atoms with van der Waals surface area (Å²) in [5.41, 5.74) is 0. The Morgan fingerprint density at radius 1 is 1.31 bits per heavy atom. The topological polar surface area (TPSA) is 29.5 Å². The lowest BCUT2D eigenvalue weighted by atomic mass is 10.2. The van der Waals surface area contributed by atoms with Crippen molar-refractivity contribution in [1.82, 2.24) is 0 Å². The standard InChI is InChI=1S/C11H14F2O2S/c1-11(2,6-14)16-10-5-7(12)9(15-3)4-8(10)13/h4-5,14H,6H2,1-3H3. The Morgan fingerprint density at radius 2 is 1.94 bits per heavy atom. The molecule has 0 aliphatic carbocycles. The Hall–Kier alpha value is -0.810. The van der Waals surface area contributed by atoms with E-state index in [1.807, 2.05) is 0 Å². The van der Waals surface area contributed by atoms with E-state index in [-0.39, 0.29) is 17.3 Å². The molecule has 1 rings (SSSR count). The lowest BCUT2D eigenvalue weighted by Crippen LogP contribution is -2.20. The molecule has 2 nitrogen and oxygen atoms in total. The molecule has 90 valence electrons. The number of aliphatic hydroxyl groups excluding tert-OH is 1. The summed E-state index contributed by atoms with van der Waals surface area (Å²) >= 11 is 1.09. The Kier molecular flexibility index (Phi) is 4.15. The van der Waals surface area contributed by atoms with Crippen LogP contribution >= 0.6 is 11.8 Å². The van der Waals surface area contributed by atoms with Gasteiger partial charge in [-0.15, -0.1) is 11.8 Å². The molecular formula is C11H14F2O2S. The number of aliphatic hydroxyl groups is 1. The zero-order valence-corrected chi connectivity index (χ0v) is 10.2. The van der Waals surface area contributed by atoms with E-state index in [2.05, 4.69) is 4.74 Å². The average molecular weight is 248 g/mol. The van der Waals surface area contributed by atoms with Crippen molar-refractivity contribution in [2.75, 3.05) is 13.7 Å². The van der Waals surface area contributed by atoms with Gasteiger partial charge in [-0.25, -0.2) is 8.78 Å². The van der Waals surface area contributed by atoms with E-state index in [4.69, 9.17) is 5.11 Å². The Morgan fingerprint density at radius 3 is 2.44 bits per heavy atom. The summed E-state index contributed by atoms with van der Waals surface area (Å²) in [6, 6.07) is 2.08. The van der Waals surface area contributed by atoms with Crippen LogP contribution in [0.15, 0.2) is 17.0 Å². The molecule has 1 N–H and O–H groups in total. The van der Waals surface area contributed by atoms with Gasteiger partial charge >= 0.3 is 0 Å². The molecular weight excluding hydrogens is 234 g/mol. The predicted molar refractivity (Wildman–Crippen MR) is 59.9 cm³/mol. The van der Waals surface area contributed by atoms with Gasteiger partial charge in [0.15, 0.2) is 11.6 Å². The van der Waals surface area contributed by atoms with Gasteiger partial charge in [0.25, 0.3) is 0 Å². The number of thioether (sulfide) groups is 1. The van der Waals surface area contributed by atoms with Gasteiger partial charge in [0.05, 0.1) is 13.7 Å². The quantitative estimate of drug-likeness (QED) is 0.831. The maximum Gasteiger partial charge on any atom is 0.166 e. The number of methoxy groups -OCH3 is 1. The van der Waals surface area contributed by atoms with Gasteiger partial charge < -0.3 is 9.84 Å². The Labute approximate surface area is 97.6 Å². The van der Waals surface area contributed by atoms with Crippen molar-refractivity contribution < 1.29 is 18.6 Å². The summed E-state index contributed by atoms with van der Waals surface area (Å²) in [6.45, 7) is 3.38. The number of rotatable bonds is 4. The highest BCUT2D eigenvalue weighted by molar-refractivity contribution is 8.00. The van der Waals surface area contributed by atoms with Crippen molar-refractivity contribution in [3.8, 4) is 5.75 Å². The van der Waals surface area contributed by atoms with Crippen LogP contribution in [0, 0.1) is 11.6 Å². The molecule has 0 radical (unpaired) electrons. The van der Waals surface area contributed by atoms with E-state index >= 15 is 0 Å². The fraction of sp³-hybridized carbons (Fsp3) is 0.455. The second kappa shape index (κ2) is 5.01. The van der Waals surface area contributed by atoms with E-state index in [1.54, 1.807) is 13.8 Å². The van der Waals surface area contributed by atoms with E-state index in [9.17, 15) is 8.78 Å². The first-order valence-corrected chi connectivity index (χ1v) is 5.54. The minimum Gasteiger partial charge on any atom is -0.494 e. The molecule has 0 unspecified atom stereocenters. The van der Waals surface area contributed by atoms with Gasteiger partial charge in [0.1, 0.15) is 5.82 Å². The van der Waals surface area contributed by atoms with Crippen LogP contribution in [0.25, 0.3) is 0 Å². The largest absolute Gasteiger partial charge is 0.494 e. The van der Waals surface area contributed by atoms with Crippen molar-refractivity contribution in [2.45, 2.75) is 23.5 Å². The summed E-state index contributed by atoms with van der Waals surface area (Å²) in [5, 5.41) is 9.05. The number of hydrogen-bond donors (Lipinski definition) is 1. The normalized spacial score (nSPS) is 11.6. The molecule has 0 amide bonds. The van der Waals surface area contributed by atoms with Crippen molar-refractivity contribution in [2.24, 2.45) is 0 Å². The fourth-order valence-electron chi connectivity index (χ4n) is 1.07. The van der Waals surface area contributed by atoms with Gasteiger partial charge in [-0.3, -0.25) is 0 Å². The SMILES string of the molecule is COc1cc(F)c(SC(C)(C)CO)cc1F. The molecule has 0 atom stereocenters. The Bertz CT molecular complexity index is 380. The molecule has 0 spiro atoms. The Balaban J connectivity index is 3.02. The molecule has 1 aromatic rings. The van der Waals surface area contributed by atoms with Gasteiger partial charge in [-0.1, -0.05) is 0 Å². The van der Waals surface area contributed by atoms with Crippen molar-refractivity contribution in [3.63, 3.8) is 0 Å². The second-order valence-electron chi connectivity index (χ2n) is 3.94. The lowest BCUT2D eigenvalue weighted by Gasteiger charge is -2.21. The maximum absolute atomic E-state index is 13.5. The highest BCUT2D eigenvalue weighted by Gasteiger charge is 2.21. The molecule has 0 saturated carbocycles. The first-order chi connectivity index (χ1) is 7.39. The zero-order chi connectivity index (χ0) is 12.3. The molecule has 0 saturated heterocycles. The van der Waals surface area contributed by atoms with Crippen LogP contribution in [0.5, 0.6) is 5.75 Å². The maximum atomic E-state index is 13.5. The highest BCUT2D eigenvalue weighted by atomic mass is 32.2. The van der Waals surface area contributed by atoms with Crippen molar-refractivity contribution >= 4 is 11.8 Å². The summed E-state index contributed by atoms with van der Waals surface area (Å²) in [7, 11) is 1.28. The van der Waals surface area contributed by atoms with Crippen molar-refractivity contribution in [1.29, 1.82) is 0 Å². The monoisotopic (exact) mass is 248 g/mol. The van der Waals surface area contributed by atoms with Crippen LogP contribution in [-0.4, -0.2) is 23.6 Å². The second-order valence-corrected chi connectivity index (χ2v) is 5.69. The van der Waals surface area contributed by atoms with Gasteiger partial charge in [0.2, 0.25) is 0 Å². The molecule has 16 heavy (non-hydrogen) atoms. The molecule has 0 aromatic heterocycles. The molecule has 5 heteroatoms. The number of hydrogen-bond acceptors (Lipinski definition) is 3. The summed E-state index contributed by atoms with van der Waals surface area (Å²) < 4.78 is 31.0. The molecule has 0 heterocycles. The van der Waals surface area contributed by atoms with E-state index < -0.39 is 16.4 Å². The summed E-state index contributed by atoms with van der Waals surface area (Å²) in [5.74, 6) is -1.28. The van der Waals surface area contributed by atoms with Crippen LogP contribution in [0.1, 0.15) is 13.8 Å². The molecule has 0 bridgehead atoms.